The van der Waals surface area contributed by atoms with E-state index in [0.29, 0.717) is 5.56 Å². The molecule has 0 aliphatic rings. The maximum Gasteiger partial charge on any atom is 0.337 e. The summed E-state index contributed by atoms with van der Waals surface area (Å²) in [5.74, 6) is -0.341. The van der Waals surface area contributed by atoms with Gasteiger partial charge in [-0.05, 0) is 23.8 Å². The van der Waals surface area contributed by atoms with Crippen LogP contribution < -0.4 is 0 Å². The summed E-state index contributed by atoms with van der Waals surface area (Å²) < 4.78 is 4.55. The number of esters is 1. The number of benzene rings is 1. The molecule has 2 heteroatoms. The smallest absolute Gasteiger partial charge is 0.337 e. The van der Waals surface area contributed by atoms with Crippen LogP contribution in [0.25, 0.3) is 0 Å². The van der Waals surface area contributed by atoms with E-state index in [1.54, 1.807) is 18.2 Å². The molecule has 1 aromatic rings. The first-order chi connectivity index (χ1) is 5.77. The molecule has 0 unspecified atom stereocenters. The molecule has 0 heterocycles. The van der Waals surface area contributed by atoms with E-state index in [1.807, 2.05) is 6.07 Å². The number of carbonyl (C=O) groups excluding carboxylic acids is 1. The van der Waals surface area contributed by atoms with Crippen LogP contribution in [-0.2, 0) is 4.74 Å². The molecular formula is C10H9O2. The molecule has 0 atom stereocenters. The van der Waals surface area contributed by atoms with E-state index in [0.717, 1.165) is 5.56 Å². The minimum absolute atomic E-state index is 0.341. The van der Waals surface area contributed by atoms with Crippen LogP contribution in [0.2, 0.25) is 0 Å². The van der Waals surface area contributed by atoms with Gasteiger partial charge in [0.05, 0.1) is 12.7 Å². The second kappa shape index (κ2) is 3.72. The third-order valence-electron chi connectivity index (χ3n) is 1.49. The lowest BCUT2D eigenvalue weighted by atomic mass is 10.1. The van der Waals surface area contributed by atoms with Gasteiger partial charge in [0.15, 0.2) is 0 Å². The molecule has 12 heavy (non-hydrogen) atoms. The van der Waals surface area contributed by atoms with E-state index >= 15 is 0 Å². The van der Waals surface area contributed by atoms with Gasteiger partial charge in [-0.1, -0.05) is 18.7 Å². The summed E-state index contributed by atoms with van der Waals surface area (Å²) in [6.07, 6.45) is 2.69. The van der Waals surface area contributed by atoms with Crippen LogP contribution in [0.3, 0.4) is 0 Å². The highest BCUT2D eigenvalue weighted by Crippen LogP contribution is 2.05. The van der Waals surface area contributed by atoms with Crippen molar-refractivity contribution in [2.45, 2.75) is 0 Å². The van der Waals surface area contributed by atoms with Crippen LogP contribution in [0.5, 0.6) is 0 Å². The minimum Gasteiger partial charge on any atom is -0.465 e. The number of hydrogen-bond donors (Lipinski definition) is 0. The zero-order valence-electron chi connectivity index (χ0n) is 6.83. The maximum absolute atomic E-state index is 11.0. The van der Waals surface area contributed by atoms with Gasteiger partial charge in [0.2, 0.25) is 0 Å². The lowest BCUT2D eigenvalue weighted by Gasteiger charge is -1.98. The standard InChI is InChI=1S/C10H9O2/c1-3-8-5-4-6-9(7-8)10(11)12-2/h4-7H,1H2,2H3. The molecule has 0 aromatic heterocycles. The number of ether oxygens (including phenoxy) is 1. The van der Waals surface area contributed by atoms with Gasteiger partial charge in [-0.25, -0.2) is 4.79 Å². The summed E-state index contributed by atoms with van der Waals surface area (Å²) in [6, 6.07) is 6.95. The molecule has 0 saturated carbocycles. The van der Waals surface area contributed by atoms with Crippen molar-refractivity contribution in [3.05, 3.63) is 48.0 Å². The molecule has 0 aliphatic heterocycles. The third-order valence-corrected chi connectivity index (χ3v) is 1.49. The molecule has 0 amide bonds. The first kappa shape index (κ1) is 8.53. The Labute approximate surface area is 71.5 Å². The summed E-state index contributed by atoms with van der Waals surface area (Å²) in [5, 5.41) is 0. The van der Waals surface area contributed by atoms with Crippen LogP contribution in [-0.4, -0.2) is 13.1 Å². The van der Waals surface area contributed by atoms with E-state index < -0.39 is 0 Å². The third kappa shape index (κ3) is 1.72. The maximum atomic E-state index is 11.0. The van der Waals surface area contributed by atoms with Gasteiger partial charge in [0.1, 0.15) is 0 Å². The van der Waals surface area contributed by atoms with E-state index in [1.165, 1.54) is 7.11 Å². The highest BCUT2D eigenvalue weighted by atomic mass is 16.5. The van der Waals surface area contributed by atoms with Crippen molar-refractivity contribution in [2.75, 3.05) is 7.11 Å². The summed E-state index contributed by atoms with van der Waals surface area (Å²) >= 11 is 0. The largest absolute Gasteiger partial charge is 0.465 e. The molecular weight excluding hydrogens is 152 g/mol. The van der Waals surface area contributed by atoms with Gasteiger partial charge in [-0.15, -0.1) is 0 Å². The lowest BCUT2D eigenvalue weighted by Crippen LogP contribution is -2.00. The molecule has 1 aromatic carbocycles. The molecule has 0 spiro atoms. The normalized spacial score (nSPS) is 9.08. The van der Waals surface area contributed by atoms with Crippen LogP contribution in [0, 0.1) is 6.08 Å². The average Bonchev–Trinajstić information content (AvgIpc) is 2.17. The predicted octanol–water partition coefficient (Wildman–Crippen LogP) is 1.81. The molecule has 0 bridgehead atoms. The first-order valence-corrected chi connectivity index (χ1v) is 3.49. The summed E-state index contributed by atoms with van der Waals surface area (Å²) in [5.41, 5.74) is 1.31. The Morgan fingerprint density at radius 2 is 2.33 bits per heavy atom. The zero-order chi connectivity index (χ0) is 8.97. The van der Waals surface area contributed by atoms with Gasteiger partial charge in [-0.2, -0.15) is 0 Å². The van der Waals surface area contributed by atoms with E-state index in [9.17, 15) is 4.79 Å². The van der Waals surface area contributed by atoms with Crippen LogP contribution >= 0.6 is 0 Å². The van der Waals surface area contributed by atoms with E-state index in [2.05, 4.69) is 17.4 Å². The fraction of sp³-hybridized carbons (Fsp3) is 0.100. The Balaban J connectivity index is 3.01. The first-order valence-electron chi connectivity index (χ1n) is 3.49. The Bertz CT molecular complexity index is 302. The molecule has 0 saturated heterocycles. The quantitative estimate of drug-likeness (QED) is 0.618. The van der Waals surface area contributed by atoms with Crippen molar-refractivity contribution >= 4 is 5.97 Å². The monoisotopic (exact) mass is 161 g/mol. The van der Waals surface area contributed by atoms with E-state index in [-0.39, 0.29) is 5.97 Å². The van der Waals surface area contributed by atoms with Gasteiger partial charge in [0.25, 0.3) is 0 Å². The van der Waals surface area contributed by atoms with Gasteiger partial charge >= 0.3 is 5.97 Å². The highest BCUT2D eigenvalue weighted by Gasteiger charge is 2.03. The van der Waals surface area contributed by atoms with Crippen molar-refractivity contribution in [1.29, 1.82) is 0 Å². The summed E-state index contributed by atoms with van der Waals surface area (Å²) in [4.78, 5) is 11.0. The number of rotatable bonds is 2. The highest BCUT2D eigenvalue weighted by molar-refractivity contribution is 5.89. The van der Waals surface area contributed by atoms with Crippen molar-refractivity contribution in [3.63, 3.8) is 0 Å². The molecule has 1 radical (unpaired) electrons. The van der Waals surface area contributed by atoms with Crippen LogP contribution in [0.4, 0.5) is 0 Å². The minimum atomic E-state index is -0.341. The SMILES string of the molecule is C=[C]c1cccc(C(=O)OC)c1. The Morgan fingerprint density at radius 3 is 2.92 bits per heavy atom. The summed E-state index contributed by atoms with van der Waals surface area (Å²) in [7, 11) is 1.35. The molecule has 2 nitrogen and oxygen atoms in total. The Morgan fingerprint density at radius 1 is 1.58 bits per heavy atom. The molecule has 0 aliphatic carbocycles. The van der Waals surface area contributed by atoms with Crippen LogP contribution in [0.15, 0.2) is 30.8 Å². The Hall–Kier alpha value is -1.57. The lowest BCUT2D eigenvalue weighted by molar-refractivity contribution is 0.0600. The van der Waals surface area contributed by atoms with Crippen molar-refractivity contribution in [3.8, 4) is 0 Å². The van der Waals surface area contributed by atoms with Gasteiger partial charge < -0.3 is 4.74 Å². The van der Waals surface area contributed by atoms with Crippen molar-refractivity contribution in [2.24, 2.45) is 0 Å². The average molecular weight is 161 g/mol. The number of carbonyl (C=O) groups is 1. The second-order valence-electron chi connectivity index (χ2n) is 2.25. The van der Waals surface area contributed by atoms with Crippen molar-refractivity contribution in [1.82, 2.24) is 0 Å². The zero-order valence-corrected chi connectivity index (χ0v) is 6.83. The number of methoxy groups -OCH3 is 1. The van der Waals surface area contributed by atoms with E-state index in [4.69, 9.17) is 0 Å². The fourth-order valence-electron chi connectivity index (χ4n) is 0.874. The summed E-state index contributed by atoms with van der Waals surface area (Å²) in [6.45, 7) is 3.48. The molecule has 0 fully saturated rings. The van der Waals surface area contributed by atoms with Gasteiger partial charge in [-0.3, -0.25) is 0 Å². The predicted molar refractivity (Wildman–Crippen MR) is 45.8 cm³/mol. The topological polar surface area (TPSA) is 26.3 Å². The molecule has 0 N–H and O–H groups in total. The van der Waals surface area contributed by atoms with Crippen LogP contribution in [0.1, 0.15) is 15.9 Å². The Kier molecular flexibility index (Phi) is 2.64. The number of hydrogen-bond acceptors (Lipinski definition) is 2. The second-order valence-corrected chi connectivity index (χ2v) is 2.25. The molecule has 1 rings (SSSR count). The van der Waals surface area contributed by atoms with Gasteiger partial charge in [0, 0.05) is 0 Å². The fourth-order valence-corrected chi connectivity index (χ4v) is 0.874. The van der Waals surface area contributed by atoms with Crippen molar-refractivity contribution < 1.29 is 9.53 Å². The molecule has 61 valence electrons.